The summed E-state index contributed by atoms with van der Waals surface area (Å²) in [6, 6.07) is 4.10. The van der Waals surface area contributed by atoms with Crippen LogP contribution >= 0.6 is 15.9 Å². The Morgan fingerprint density at radius 3 is 2.67 bits per heavy atom. The molecule has 4 heteroatoms. The summed E-state index contributed by atoms with van der Waals surface area (Å²) in [5, 5.41) is 3.36. The topological polar surface area (TPSA) is 24.5 Å². The van der Waals surface area contributed by atoms with Gasteiger partial charge in [0.1, 0.15) is 12.4 Å². The Hall–Kier alpha value is -0.580. The third-order valence-electron chi connectivity index (χ3n) is 3.55. The third kappa shape index (κ3) is 3.46. The molecule has 0 atom stereocenters. The van der Waals surface area contributed by atoms with Crippen molar-refractivity contribution in [1.29, 1.82) is 0 Å². The molecule has 0 spiro atoms. The molecule has 1 aromatic rings. The maximum absolute atomic E-state index is 5.89. The lowest BCUT2D eigenvalue weighted by Crippen LogP contribution is -2.44. The molecule has 0 bridgehead atoms. The van der Waals surface area contributed by atoms with Crippen LogP contribution < -0.4 is 10.1 Å². The first-order chi connectivity index (χ1) is 8.68. The smallest absolute Gasteiger partial charge is 0.122 e. The molecule has 1 saturated heterocycles. The third-order valence-corrected chi connectivity index (χ3v) is 4.41. The average molecular weight is 313 g/mol. The van der Waals surface area contributed by atoms with E-state index in [1.165, 1.54) is 11.1 Å². The Morgan fingerprint density at radius 2 is 1.94 bits per heavy atom. The Balaban J connectivity index is 1.84. The van der Waals surface area contributed by atoms with Crippen LogP contribution in [0.2, 0.25) is 0 Å². The monoisotopic (exact) mass is 312 g/mol. The summed E-state index contributed by atoms with van der Waals surface area (Å²) in [5.41, 5.74) is 2.49. The minimum absolute atomic E-state index is 0.766. The largest absolute Gasteiger partial charge is 0.492 e. The van der Waals surface area contributed by atoms with Gasteiger partial charge in [0, 0.05) is 37.2 Å². The van der Waals surface area contributed by atoms with Crippen molar-refractivity contribution < 1.29 is 4.74 Å². The fraction of sp³-hybridized carbons (Fsp3) is 0.571. The number of hydrogen-bond acceptors (Lipinski definition) is 3. The number of halogens is 1. The van der Waals surface area contributed by atoms with Crippen molar-refractivity contribution in [3.05, 3.63) is 27.7 Å². The summed E-state index contributed by atoms with van der Waals surface area (Å²) >= 11 is 3.54. The predicted octanol–water partition coefficient (Wildman–Crippen LogP) is 2.35. The second kappa shape index (κ2) is 6.55. The van der Waals surface area contributed by atoms with Gasteiger partial charge >= 0.3 is 0 Å². The molecule has 1 aromatic carbocycles. The zero-order valence-corrected chi connectivity index (χ0v) is 12.7. The molecular formula is C14H21BrN2O. The van der Waals surface area contributed by atoms with Crippen molar-refractivity contribution in [3.63, 3.8) is 0 Å². The lowest BCUT2D eigenvalue weighted by Gasteiger charge is -2.27. The summed E-state index contributed by atoms with van der Waals surface area (Å²) < 4.78 is 7.04. The minimum atomic E-state index is 0.766. The Labute approximate surface area is 118 Å². The number of piperazine rings is 1. The predicted molar refractivity (Wildman–Crippen MR) is 78.4 cm³/mol. The normalized spacial score (nSPS) is 16.8. The van der Waals surface area contributed by atoms with Crippen LogP contribution in [0, 0.1) is 13.8 Å². The average Bonchev–Trinajstić information content (AvgIpc) is 2.40. The van der Waals surface area contributed by atoms with Gasteiger partial charge < -0.3 is 10.1 Å². The highest BCUT2D eigenvalue weighted by atomic mass is 79.9. The first-order valence-electron chi connectivity index (χ1n) is 6.50. The molecule has 100 valence electrons. The van der Waals surface area contributed by atoms with Gasteiger partial charge in [0.25, 0.3) is 0 Å². The van der Waals surface area contributed by atoms with E-state index in [4.69, 9.17) is 4.74 Å². The zero-order valence-electron chi connectivity index (χ0n) is 11.1. The summed E-state index contributed by atoms with van der Waals surface area (Å²) in [4.78, 5) is 2.44. The van der Waals surface area contributed by atoms with Gasteiger partial charge in [0.2, 0.25) is 0 Å². The SMILES string of the molecule is Cc1c(Br)ccc(OCCN2CCNCC2)c1C. The van der Waals surface area contributed by atoms with Crippen LogP contribution in [0.1, 0.15) is 11.1 Å². The van der Waals surface area contributed by atoms with Gasteiger partial charge in [0.05, 0.1) is 0 Å². The second-order valence-corrected chi connectivity index (χ2v) is 5.59. The molecule has 0 aromatic heterocycles. The fourth-order valence-corrected chi connectivity index (χ4v) is 2.57. The van der Waals surface area contributed by atoms with Crippen molar-refractivity contribution in [2.45, 2.75) is 13.8 Å². The van der Waals surface area contributed by atoms with Gasteiger partial charge in [-0.2, -0.15) is 0 Å². The van der Waals surface area contributed by atoms with Crippen LogP contribution in [0.5, 0.6) is 5.75 Å². The molecule has 0 unspecified atom stereocenters. The van der Waals surface area contributed by atoms with E-state index in [0.717, 1.165) is 49.6 Å². The number of benzene rings is 1. The van der Waals surface area contributed by atoms with Gasteiger partial charge in [-0.1, -0.05) is 15.9 Å². The molecule has 1 heterocycles. The maximum atomic E-state index is 5.89. The van der Waals surface area contributed by atoms with E-state index < -0.39 is 0 Å². The number of nitrogens with zero attached hydrogens (tertiary/aromatic N) is 1. The molecule has 0 saturated carbocycles. The fourth-order valence-electron chi connectivity index (χ4n) is 2.14. The number of nitrogens with one attached hydrogen (secondary N) is 1. The number of hydrogen-bond donors (Lipinski definition) is 1. The Kier molecular flexibility index (Phi) is 5.03. The lowest BCUT2D eigenvalue weighted by molar-refractivity contribution is 0.191. The Morgan fingerprint density at radius 1 is 1.22 bits per heavy atom. The van der Waals surface area contributed by atoms with E-state index in [2.05, 4.69) is 46.1 Å². The van der Waals surface area contributed by atoms with Gasteiger partial charge in [-0.25, -0.2) is 0 Å². The summed E-state index contributed by atoms with van der Waals surface area (Å²) in [6.07, 6.45) is 0. The maximum Gasteiger partial charge on any atom is 0.122 e. The highest BCUT2D eigenvalue weighted by molar-refractivity contribution is 9.10. The number of rotatable bonds is 4. The highest BCUT2D eigenvalue weighted by Gasteiger charge is 2.10. The molecule has 1 aliphatic rings. The van der Waals surface area contributed by atoms with E-state index in [1.54, 1.807) is 0 Å². The first-order valence-corrected chi connectivity index (χ1v) is 7.29. The molecule has 1 N–H and O–H groups in total. The molecule has 3 nitrogen and oxygen atoms in total. The highest BCUT2D eigenvalue weighted by Crippen LogP contribution is 2.27. The second-order valence-electron chi connectivity index (χ2n) is 4.74. The van der Waals surface area contributed by atoms with Crippen molar-refractivity contribution in [2.75, 3.05) is 39.3 Å². The molecular weight excluding hydrogens is 292 g/mol. The van der Waals surface area contributed by atoms with E-state index in [0.29, 0.717) is 0 Å². The standard InChI is InChI=1S/C14H21BrN2O/c1-11-12(2)14(4-3-13(11)15)18-10-9-17-7-5-16-6-8-17/h3-4,16H,5-10H2,1-2H3. The summed E-state index contributed by atoms with van der Waals surface area (Å²) in [6.45, 7) is 10.4. The van der Waals surface area contributed by atoms with E-state index >= 15 is 0 Å². The minimum Gasteiger partial charge on any atom is -0.492 e. The van der Waals surface area contributed by atoms with Crippen molar-refractivity contribution in [2.24, 2.45) is 0 Å². The lowest BCUT2D eigenvalue weighted by atomic mass is 10.1. The quantitative estimate of drug-likeness (QED) is 0.923. The molecule has 1 aliphatic heterocycles. The van der Waals surface area contributed by atoms with Crippen molar-refractivity contribution in [3.8, 4) is 5.75 Å². The first kappa shape index (κ1) is 13.8. The van der Waals surface area contributed by atoms with E-state index in [-0.39, 0.29) is 0 Å². The van der Waals surface area contributed by atoms with Crippen molar-refractivity contribution in [1.82, 2.24) is 10.2 Å². The van der Waals surface area contributed by atoms with Crippen LogP contribution in [0.3, 0.4) is 0 Å². The van der Waals surface area contributed by atoms with Crippen LogP contribution in [0.4, 0.5) is 0 Å². The van der Waals surface area contributed by atoms with Crippen LogP contribution in [-0.2, 0) is 0 Å². The van der Waals surface area contributed by atoms with Gasteiger partial charge in [-0.15, -0.1) is 0 Å². The van der Waals surface area contributed by atoms with Crippen molar-refractivity contribution >= 4 is 15.9 Å². The molecule has 2 rings (SSSR count). The Bertz CT molecular complexity index is 403. The van der Waals surface area contributed by atoms with Crippen LogP contribution in [-0.4, -0.2) is 44.2 Å². The number of ether oxygens (including phenoxy) is 1. The van der Waals surface area contributed by atoms with Gasteiger partial charge in [0.15, 0.2) is 0 Å². The van der Waals surface area contributed by atoms with Crippen LogP contribution in [0.25, 0.3) is 0 Å². The molecule has 0 amide bonds. The molecule has 18 heavy (non-hydrogen) atoms. The molecule has 0 radical (unpaired) electrons. The van der Waals surface area contributed by atoms with Gasteiger partial charge in [-0.3, -0.25) is 4.90 Å². The van der Waals surface area contributed by atoms with E-state index in [9.17, 15) is 0 Å². The van der Waals surface area contributed by atoms with Gasteiger partial charge in [-0.05, 0) is 37.1 Å². The molecule has 0 aliphatic carbocycles. The molecule has 1 fully saturated rings. The summed E-state index contributed by atoms with van der Waals surface area (Å²) in [5.74, 6) is 1.01. The summed E-state index contributed by atoms with van der Waals surface area (Å²) in [7, 11) is 0. The van der Waals surface area contributed by atoms with E-state index in [1.807, 2.05) is 6.07 Å². The van der Waals surface area contributed by atoms with Crippen LogP contribution in [0.15, 0.2) is 16.6 Å². The zero-order chi connectivity index (χ0) is 13.0.